The highest BCUT2D eigenvalue weighted by Gasteiger charge is 2.31. The van der Waals surface area contributed by atoms with Crippen LogP contribution < -0.4 is 5.73 Å². The van der Waals surface area contributed by atoms with E-state index in [4.69, 9.17) is 10.5 Å². The normalized spacial score (nSPS) is 20.4. The van der Waals surface area contributed by atoms with Crippen LogP contribution in [0.1, 0.15) is 18.5 Å². The maximum atomic E-state index is 5.90. The standard InChI is InChI=1S/C11H19N3O/c1-14-5-2-10(13-14)8-11(9-12)3-6-15-7-4-11/h2,5H,3-4,6-9,12H2,1H3. The van der Waals surface area contributed by atoms with Crippen molar-refractivity contribution in [3.8, 4) is 0 Å². The lowest BCUT2D eigenvalue weighted by molar-refractivity contribution is 0.0186. The molecule has 4 nitrogen and oxygen atoms in total. The van der Waals surface area contributed by atoms with Crippen LogP contribution in [0.2, 0.25) is 0 Å². The highest BCUT2D eigenvalue weighted by atomic mass is 16.5. The van der Waals surface area contributed by atoms with Gasteiger partial charge in [-0.3, -0.25) is 4.68 Å². The van der Waals surface area contributed by atoms with Gasteiger partial charge in [0.15, 0.2) is 0 Å². The van der Waals surface area contributed by atoms with Crippen LogP contribution in [0.3, 0.4) is 0 Å². The van der Waals surface area contributed by atoms with Gasteiger partial charge >= 0.3 is 0 Å². The van der Waals surface area contributed by atoms with E-state index < -0.39 is 0 Å². The van der Waals surface area contributed by atoms with E-state index in [1.807, 2.05) is 17.9 Å². The number of nitrogens with two attached hydrogens (primary N) is 1. The fourth-order valence-electron chi connectivity index (χ4n) is 2.20. The molecule has 0 saturated carbocycles. The number of aromatic nitrogens is 2. The van der Waals surface area contributed by atoms with Crippen molar-refractivity contribution in [3.05, 3.63) is 18.0 Å². The third-order valence-corrected chi connectivity index (χ3v) is 3.31. The molecule has 0 atom stereocenters. The van der Waals surface area contributed by atoms with E-state index in [2.05, 4.69) is 11.2 Å². The first-order valence-electron chi connectivity index (χ1n) is 5.50. The number of rotatable bonds is 3. The molecule has 4 heteroatoms. The summed E-state index contributed by atoms with van der Waals surface area (Å²) in [6, 6.07) is 2.08. The Bertz CT molecular complexity index is 315. The average molecular weight is 209 g/mol. The molecule has 0 bridgehead atoms. The summed E-state index contributed by atoms with van der Waals surface area (Å²) in [5.41, 5.74) is 7.26. The van der Waals surface area contributed by atoms with E-state index in [-0.39, 0.29) is 5.41 Å². The van der Waals surface area contributed by atoms with Crippen molar-refractivity contribution >= 4 is 0 Å². The molecular weight excluding hydrogens is 190 g/mol. The monoisotopic (exact) mass is 209 g/mol. The molecule has 2 N–H and O–H groups in total. The van der Waals surface area contributed by atoms with Crippen LogP contribution in [0.15, 0.2) is 12.3 Å². The van der Waals surface area contributed by atoms with E-state index in [1.54, 1.807) is 0 Å². The summed E-state index contributed by atoms with van der Waals surface area (Å²) in [6.07, 6.45) is 5.08. The van der Waals surface area contributed by atoms with Gasteiger partial charge in [0.2, 0.25) is 0 Å². The molecule has 0 radical (unpaired) electrons. The summed E-state index contributed by atoms with van der Waals surface area (Å²) in [6.45, 7) is 2.40. The fourth-order valence-corrected chi connectivity index (χ4v) is 2.20. The fraction of sp³-hybridized carbons (Fsp3) is 0.727. The maximum Gasteiger partial charge on any atom is 0.0630 e. The van der Waals surface area contributed by atoms with Crippen molar-refractivity contribution in [1.29, 1.82) is 0 Å². The first-order chi connectivity index (χ1) is 7.24. The topological polar surface area (TPSA) is 53.1 Å². The van der Waals surface area contributed by atoms with Gasteiger partial charge in [0, 0.05) is 26.5 Å². The molecule has 1 aromatic heterocycles. The number of hydrogen-bond acceptors (Lipinski definition) is 3. The minimum atomic E-state index is 0.215. The Hall–Kier alpha value is -0.870. The van der Waals surface area contributed by atoms with Crippen molar-refractivity contribution in [2.24, 2.45) is 18.2 Å². The van der Waals surface area contributed by atoms with Gasteiger partial charge in [-0.1, -0.05) is 0 Å². The Kier molecular flexibility index (Phi) is 3.07. The molecule has 1 aliphatic rings. The van der Waals surface area contributed by atoms with Crippen molar-refractivity contribution in [2.75, 3.05) is 19.8 Å². The number of ether oxygens (including phenoxy) is 1. The van der Waals surface area contributed by atoms with E-state index in [0.29, 0.717) is 0 Å². The first-order valence-corrected chi connectivity index (χ1v) is 5.50. The van der Waals surface area contributed by atoms with Crippen molar-refractivity contribution in [1.82, 2.24) is 9.78 Å². The third kappa shape index (κ3) is 2.38. The van der Waals surface area contributed by atoms with Crippen molar-refractivity contribution < 1.29 is 4.74 Å². The molecule has 84 valence electrons. The highest BCUT2D eigenvalue weighted by molar-refractivity contribution is 5.04. The summed E-state index contributed by atoms with van der Waals surface area (Å²) < 4.78 is 7.23. The molecule has 1 aliphatic heterocycles. The van der Waals surface area contributed by atoms with Gasteiger partial charge in [-0.2, -0.15) is 5.10 Å². The van der Waals surface area contributed by atoms with Crippen LogP contribution in [-0.2, 0) is 18.2 Å². The molecule has 1 fully saturated rings. The SMILES string of the molecule is Cn1ccc(CC2(CN)CCOCC2)n1. The lowest BCUT2D eigenvalue weighted by atomic mass is 9.76. The Morgan fingerprint density at radius 1 is 1.53 bits per heavy atom. The zero-order chi connectivity index (χ0) is 10.7. The second kappa shape index (κ2) is 4.33. The van der Waals surface area contributed by atoms with Crippen LogP contribution in [-0.4, -0.2) is 29.5 Å². The Balaban J connectivity index is 2.06. The number of aryl methyl sites for hydroxylation is 1. The Morgan fingerprint density at radius 2 is 2.27 bits per heavy atom. The molecule has 15 heavy (non-hydrogen) atoms. The van der Waals surface area contributed by atoms with Crippen LogP contribution >= 0.6 is 0 Å². The lowest BCUT2D eigenvalue weighted by Gasteiger charge is -2.35. The van der Waals surface area contributed by atoms with E-state index in [9.17, 15) is 0 Å². The minimum absolute atomic E-state index is 0.215. The van der Waals surface area contributed by atoms with Gasteiger partial charge in [-0.05, 0) is 37.3 Å². The average Bonchev–Trinajstić information content (AvgIpc) is 2.65. The number of nitrogens with zero attached hydrogens (tertiary/aromatic N) is 2. The molecule has 2 rings (SSSR count). The second-order valence-corrected chi connectivity index (χ2v) is 4.47. The van der Waals surface area contributed by atoms with Crippen LogP contribution in [0.5, 0.6) is 0 Å². The summed E-state index contributed by atoms with van der Waals surface area (Å²) in [4.78, 5) is 0. The molecule has 0 aliphatic carbocycles. The van der Waals surface area contributed by atoms with Crippen LogP contribution in [0.25, 0.3) is 0 Å². The van der Waals surface area contributed by atoms with Crippen molar-refractivity contribution in [2.45, 2.75) is 19.3 Å². The number of hydrogen-bond donors (Lipinski definition) is 1. The van der Waals surface area contributed by atoms with Gasteiger partial charge in [0.05, 0.1) is 5.69 Å². The largest absolute Gasteiger partial charge is 0.381 e. The summed E-state index contributed by atoms with van der Waals surface area (Å²) in [7, 11) is 1.95. The van der Waals surface area contributed by atoms with Crippen LogP contribution in [0.4, 0.5) is 0 Å². The molecule has 0 amide bonds. The Morgan fingerprint density at radius 3 is 2.80 bits per heavy atom. The molecule has 0 unspecified atom stereocenters. The zero-order valence-corrected chi connectivity index (χ0v) is 9.28. The van der Waals surface area contributed by atoms with Gasteiger partial charge < -0.3 is 10.5 Å². The smallest absolute Gasteiger partial charge is 0.0630 e. The van der Waals surface area contributed by atoms with Crippen LogP contribution in [0, 0.1) is 5.41 Å². The quantitative estimate of drug-likeness (QED) is 0.798. The summed E-state index contributed by atoms with van der Waals surface area (Å²) in [5.74, 6) is 0. The van der Waals surface area contributed by atoms with E-state index >= 15 is 0 Å². The molecule has 1 saturated heterocycles. The second-order valence-electron chi connectivity index (χ2n) is 4.47. The van der Waals surface area contributed by atoms with E-state index in [0.717, 1.165) is 44.7 Å². The summed E-state index contributed by atoms with van der Waals surface area (Å²) >= 11 is 0. The predicted octanol–water partition coefficient (Wildman–Crippen LogP) is 0.718. The van der Waals surface area contributed by atoms with Gasteiger partial charge in [0.1, 0.15) is 0 Å². The van der Waals surface area contributed by atoms with Crippen molar-refractivity contribution in [3.63, 3.8) is 0 Å². The molecule has 0 aromatic carbocycles. The van der Waals surface area contributed by atoms with Gasteiger partial charge in [-0.25, -0.2) is 0 Å². The minimum Gasteiger partial charge on any atom is -0.381 e. The predicted molar refractivity (Wildman–Crippen MR) is 58.5 cm³/mol. The lowest BCUT2D eigenvalue weighted by Crippen LogP contribution is -2.38. The highest BCUT2D eigenvalue weighted by Crippen LogP contribution is 2.32. The molecule has 1 aromatic rings. The van der Waals surface area contributed by atoms with E-state index in [1.165, 1.54) is 0 Å². The van der Waals surface area contributed by atoms with Gasteiger partial charge in [-0.15, -0.1) is 0 Å². The maximum absolute atomic E-state index is 5.90. The molecule has 0 spiro atoms. The van der Waals surface area contributed by atoms with Gasteiger partial charge in [0.25, 0.3) is 0 Å². The molecule has 2 heterocycles. The first kappa shape index (κ1) is 10.6. The third-order valence-electron chi connectivity index (χ3n) is 3.31. The Labute approximate surface area is 90.4 Å². The zero-order valence-electron chi connectivity index (χ0n) is 9.28. The molecular formula is C11H19N3O. The summed E-state index contributed by atoms with van der Waals surface area (Å²) in [5, 5.41) is 4.42.